The summed E-state index contributed by atoms with van der Waals surface area (Å²) in [5.74, 6) is 2.11. The van der Waals surface area contributed by atoms with E-state index in [9.17, 15) is 0 Å². The van der Waals surface area contributed by atoms with Gasteiger partial charge in [-0.05, 0) is 36.1 Å². The summed E-state index contributed by atoms with van der Waals surface area (Å²) in [4.78, 5) is 4.49. The van der Waals surface area contributed by atoms with Gasteiger partial charge in [0.2, 0.25) is 5.75 Å². The van der Waals surface area contributed by atoms with Gasteiger partial charge >= 0.3 is 0 Å². The molecule has 0 bridgehead atoms. The summed E-state index contributed by atoms with van der Waals surface area (Å²) < 4.78 is 16.2. The third-order valence-corrected chi connectivity index (χ3v) is 4.46. The smallest absolute Gasteiger partial charge is 0.203 e. The predicted molar refractivity (Wildman–Crippen MR) is 126 cm³/mol. The van der Waals surface area contributed by atoms with Gasteiger partial charge in [0.15, 0.2) is 17.5 Å². The van der Waals surface area contributed by atoms with Crippen molar-refractivity contribution in [3.63, 3.8) is 0 Å². The highest BCUT2D eigenvalue weighted by Gasteiger charge is 2.15. The van der Waals surface area contributed by atoms with Crippen LogP contribution >= 0.6 is 24.0 Å². The van der Waals surface area contributed by atoms with Crippen LogP contribution in [0.15, 0.2) is 35.3 Å². The van der Waals surface area contributed by atoms with Crippen molar-refractivity contribution in [2.45, 2.75) is 33.2 Å². The van der Waals surface area contributed by atoms with Crippen LogP contribution in [-0.2, 0) is 19.4 Å². The topological polar surface area (TPSA) is 78.1 Å². The average molecular weight is 499 g/mol. The maximum Gasteiger partial charge on any atom is 0.203 e. The van der Waals surface area contributed by atoms with Gasteiger partial charge < -0.3 is 25.3 Å². The van der Waals surface area contributed by atoms with Crippen LogP contribution in [-0.4, -0.2) is 27.3 Å². The van der Waals surface area contributed by atoms with E-state index >= 15 is 0 Å². The van der Waals surface area contributed by atoms with Gasteiger partial charge in [-0.3, -0.25) is 0 Å². The van der Waals surface area contributed by atoms with E-state index in [1.54, 1.807) is 21.3 Å². The number of rotatable bonds is 8. The van der Waals surface area contributed by atoms with E-state index in [0.717, 1.165) is 24.1 Å². The largest absolute Gasteiger partial charge is 0.493 e. The van der Waals surface area contributed by atoms with Crippen molar-refractivity contribution in [3.05, 3.63) is 47.0 Å². The van der Waals surface area contributed by atoms with E-state index in [1.807, 2.05) is 12.1 Å². The second-order valence-corrected chi connectivity index (χ2v) is 5.98. The number of nitrogens with one attached hydrogen (secondary N) is 1. The van der Waals surface area contributed by atoms with Gasteiger partial charge in [0, 0.05) is 11.3 Å². The summed E-state index contributed by atoms with van der Waals surface area (Å²) >= 11 is 0. The lowest BCUT2D eigenvalue weighted by Crippen LogP contribution is -2.24. The fraction of sp³-hybridized carbons (Fsp3) is 0.381. The number of benzene rings is 2. The molecule has 2 aromatic rings. The minimum Gasteiger partial charge on any atom is -0.493 e. The molecule has 0 amide bonds. The lowest BCUT2D eigenvalue weighted by atomic mass is 10.0. The second kappa shape index (κ2) is 11.6. The SMILES string of the molecule is CCc1cccc(CC)c1NC(N)=NCc1ccc(OC)c(OC)c1OC.I. The fourth-order valence-electron chi connectivity index (χ4n) is 3.03. The Morgan fingerprint density at radius 2 is 1.50 bits per heavy atom. The molecule has 6 nitrogen and oxygen atoms in total. The van der Waals surface area contributed by atoms with Gasteiger partial charge in [-0.25, -0.2) is 4.99 Å². The summed E-state index contributed by atoms with van der Waals surface area (Å²) in [7, 11) is 4.77. The molecule has 2 rings (SSSR count). The number of hydrogen-bond donors (Lipinski definition) is 2. The Balaban J connectivity index is 0.00000392. The highest BCUT2D eigenvalue weighted by molar-refractivity contribution is 14.0. The molecule has 28 heavy (non-hydrogen) atoms. The molecular formula is C21H30IN3O3. The van der Waals surface area contributed by atoms with Crippen LogP contribution in [0.25, 0.3) is 0 Å². The van der Waals surface area contributed by atoms with E-state index in [-0.39, 0.29) is 24.0 Å². The molecule has 0 aromatic heterocycles. The maximum absolute atomic E-state index is 6.16. The van der Waals surface area contributed by atoms with Crippen molar-refractivity contribution in [2.75, 3.05) is 26.6 Å². The monoisotopic (exact) mass is 499 g/mol. The molecule has 0 saturated heterocycles. The number of methoxy groups -OCH3 is 3. The second-order valence-electron chi connectivity index (χ2n) is 5.98. The Bertz CT molecular complexity index is 787. The number of halogens is 1. The predicted octanol–water partition coefficient (Wildman–Crippen LogP) is 4.38. The van der Waals surface area contributed by atoms with E-state index in [0.29, 0.717) is 29.8 Å². The molecule has 3 N–H and O–H groups in total. The standard InChI is InChI=1S/C21H29N3O3.HI/c1-6-14-9-8-10-15(7-2)18(14)24-21(22)23-13-16-11-12-17(25-3)20(27-5)19(16)26-4;/h8-12H,6-7,13H2,1-5H3,(H3,22,23,24);1H. The zero-order valence-corrected chi connectivity index (χ0v) is 19.5. The molecule has 0 heterocycles. The molecule has 0 radical (unpaired) electrons. The number of ether oxygens (including phenoxy) is 3. The Labute approximate surface area is 184 Å². The highest BCUT2D eigenvalue weighted by atomic mass is 127. The molecule has 0 unspecified atom stereocenters. The minimum atomic E-state index is 0. The van der Waals surface area contributed by atoms with Crippen molar-refractivity contribution >= 4 is 35.6 Å². The molecule has 0 aliphatic carbocycles. The van der Waals surface area contributed by atoms with Crippen LogP contribution in [0.4, 0.5) is 5.69 Å². The molecule has 0 atom stereocenters. The first kappa shape index (κ1) is 23.9. The third kappa shape index (κ3) is 5.43. The first-order chi connectivity index (χ1) is 13.1. The molecule has 0 saturated carbocycles. The van der Waals surface area contributed by atoms with Gasteiger partial charge in [-0.2, -0.15) is 0 Å². The van der Waals surface area contributed by atoms with Crippen LogP contribution in [0.1, 0.15) is 30.5 Å². The van der Waals surface area contributed by atoms with E-state index < -0.39 is 0 Å². The number of anilines is 1. The Kier molecular flexibility index (Phi) is 9.92. The van der Waals surface area contributed by atoms with Crippen LogP contribution < -0.4 is 25.3 Å². The summed E-state index contributed by atoms with van der Waals surface area (Å²) in [6, 6.07) is 10.0. The summed E-state index contributed by atoms with van der Waals surface area (Å²) in [6.45, 7) is 4.61. The van der Waals surface area contributed by atoms with Gasteiger partial charge in [0.05, 0.1) is 27.9 Å². The first-order valence-electron chi connectivity index (χ1n) is 9.05. The third-order valence-electron chi connectivity index (χ3n) is 4.46. The number of nitrogens with two attached hydrogens (primary N) is 1. The highest BCUT2D eigenvalue weighted by Crippen LogP contribution is 2.40. The van der Waals surface area contributed by atoms with Crippen LogP contribution in [0.2, 0.25) is 0 Å². The number of aryl methyl sites for hydroxylation is 2. The van der Waals surface area contributed by atoms with Crippen molar-refractivity contribution in [1.29, 1.82) is 0 Å². The number of para-hydroxylation sites is 1. The molecule has 0 spiro atoms. The zero-order chi connectivity index (χ0) is 19.8. The lowest BCUT2D eigenvalue weighted by molar-refractivity contribution is 0.322. The number of guanidine groups is 1. The number of hydrogen-bond acceptors (Lipinski definition) is 4. The molecule has 7 heteroatoms. The lowest BCUT2D eigenvalue weighted by Gasteiger charge is -2.16. The average Bonchev–Trinajstić information content (AvgIpc) is 2.71. The van der Waals surface area contributed by atoms with Crippen molar-refractivity contribution in [3.8, 4) is 17.2 Å². The maximum atomic E-state index is 6.16. The number of aliphatic imine (C=N–C) groups is 1. The van der Waals surface area contributed by atoms with Crippen LogP contribution in [0.5, 0.6) is 17.2 Å². The van der Waals surface area contributed by atoms with E-state index in [2.05, 4.69) is 42.4 Å². The molecular weight excluding hydrogens is 469 g/mol. The van der Waals surface area contributed by atoms with Crippen molar-refractivity contribution < 1.29 is 14.2 Å². The Morgan fingerprint density at radius 1 is 0.893 bits per heavy atom. The molecule has 0 fully saturated rings. The zero-order valence-electron chi connectivity index (χ0n) is 17.2. The van der Waals surface area contributed by atoms with E-state index in [1.165, 1.54) is 11.1 Å². The normalized spacial score (nSPS) is 10.8. The van der Waals surface area contributed by atoms with Gasteiger partial charge in [0.25, 0.3) is 0 Å². The summed E-state index contributed by atoms with van der Waals surface area (Å²) in [5, 5.41) is 3.27. The molecule has 154 valence electrons. The van der Waals surface area contributed by atoms with E-state index in [4.69, 9.17) is 19.9 Å². The first-order valence-corrected chi connectivity index (χ1v) is 9.05. The minimum absolute atomic E-state index is 0. The van der Waals surface area contributed by atoms with Crippen LogP contribution in [0.3, 0.4) is 0 Å². The quantitative estimate of drug-likeness (QED) is 0.320. The van der Waals surface area contributed by atoms with Crippen molar-refractivity contribution in [2.24, 2.45) is 10.7 Å². The van der Waals surface area contributed by atoms with Crippen LogP contribution in [0, 0.1) is 0 Å². The van der Waals surface area contributed by atoms with Crippen molar-refractivity contribution in [1.82, 2.24) is 0 Å². The Morgan fingerprint density at radius 3 is 2.00 bits per heavy atom. The molecule has 0 aliphatic rings. The summed E-state index contributed by atoms with van der Waals surface area (Å²) in [5.41, 5.74) is 10.5. The Hall–Kier alpha value is -2.16. The van der Waals surface area contributed by atoms with Gasteiger partial charge in [0.1, 0.15) is 0 Å². The van der Waals surface area contributed by atoms with Gasteiger partial charge in [-0.15, -0.1) is 24.0 Å². The molecule has 2 aromatic carbocycles. The summed E-state index contributed by atoms with van der Waals surface area (Å²) in [6.07, 6.45) is 1.85. The van der Waals surface area contributed by atoms with Gasteiger partial charge in [-0.1, -0.05) is 32.0 Å². The fourth-order valence-corrected chi connectivity index (χ4v) is 3.03. The molecule has 0 aliphatic heterocycles. The number of nitrogens with zero attached hydrogens (tertiary/aromatic N) is 1.